The number of carbonyl (C=O) groups is 1. The molecule has 0 aliphatic carbocycles. The highest BCUT2D eigenvalue weighted by atomic mass is 16.5. The maximum atomic E-state index is 11.3. The Labute approximate surface area is 89.6 Å². The van der Waals surface area contributed by atoms with Gasteiger partial charge in [-0.1, -0.05) is 0 Å². The summed E-state index contributed by atoms with van der Waals surface area (Å²) >= 11 is 0. The number of nitrogens with one attached hydrogen (secondary N) is 2. The average molecular weight is 208 g/mol. The van der Waals surface area contributed by atoms with Crippen molar-refractivity contribution in [3.8, 4) is 5.75 Å². The van der Waals surface area contributed by atoms with Gasteiger partial charge in [0.05, 0.1) is 7.11 Å². The van der Waals surface area contributed by atoms with E-state index in [2.05, 4.69) is 10.6 Å². The number of amides is 2. The molecule has 4 nitrogen and oxygen atoms in total. The fourth-order valence-corrected chi connectivity index (χ4v) is 1.23. The third-order valence-electron chi connectivity index (χ3n) is 2.02. The first-order valence-corrected chi connectivity index (χ1v) is 4.87. The lowest BCUT2D eigenvalue weighted by molar-refractivity contribution is 0.252. The first-order chi connectivity index (χ1) is 7.17. The molecule has 15 heavy (non-hydrogen) atoms. The van der Waals surface area contributed by atoms with Crippen LogP contribution in [0.15, 0.2) is 18.2 Å². The molecule has 0 spiro atoms. The van der Waals surface area contributed by atoms with Crippen molar-refractivity contribution in [3.63, 3.8) is 0 Å². The van der Waals surface area contributed by atoms with Gasteiger partial charge in [0.15, 0.2) is 0 Å². The van der Waals surface area contributed by atoms with E-state index in [1.165, 1.54) is 0 Å². The summed E-state index contributed by atoms with van der Waals surface area (Å²) in [6, 6.07) is 5.32. The summed E-state index contributed by atoms with van der Waals surface area (Å²) in [4.78, 5) is 11.3. The molecule has 0 aliphatic rings. The number of carbonyl (C=O) groups excluding carboxylic acids is 1. The van der Waals surface area contributed by atoms with E-state index in [1.54, 1.807) is 7.11 Å². The first kappa shape index (κ1) is 11.4. The molecule has 0 aromatic heterocycles. The van der Waals surface area contributed by atoms with Crippen LogP contribution in [0.3, 0.4) is 0 Å². The van der Waals surface area contributed by atoms with Crippen molar-refractivity contribution in [2.45, 2.75) is 13.8 Å². The van der Waals surface area contributed by atoms with Crippen molar-refractivity contribution in [2.75, 3.05) is 19.0 Å². The number of benzene rings is 1. The molecule has 0 radical (unpaired) electrons. The smallest absolute Gasteiger partial charge is 0.319 e. The van der Waals surface area contributed by atoms with Gasteiger partial charge in [-0.15, -0.1) is 0 Å². The van der Waals surface area contributed by atoms with Gasteiger partial charge in [0.2, 0.25) is 0 Å². The molecule has 2 amide bonds. The fraction of sp³-hybridized carbons (Fsp3) is 0.364. The maximum absolute atomic E-state index is 11.3. The number of rotatable bonds is 3. The molecular weight excluding hydrogens is 192 g/mol. The molecule has 0 bridgehead atoms. The monoisotopic (exact) mass is 208 g/mol. The van der Waals surface area contributed by atoms with Crippen LogP contribution < -0.4 is 15.4 Å². The van der Waals surface area contributed by atoms with Crippen molar-refractivity contribution >= 4 is 11.7 Å². The standard InChI is InChI=1S/C11H16N2O2/c1-4-12-11(14)13-10-6-5-9(15-3)7-8(10)2/h5-7H,4H2,1-3H3,(H2,12,13,14). The van der Waals surface area contributed by atoms with Crippen molar-refractivity contribution in [1.29, 1.82) is 0 Å². The zero-order valence-electron chi connectivity index (χ0n) is 9.26. The summed E-state index contributed by atoms with van der Waals surface area (Å²) in [7, 11) is 1.62. The van der Waals surface area contributed by atoms with Crippen LogP contribution in [0, 0.1) is 6.92 Å². The Morgan fingerprint density at radius 2 is 2.20 bits per heavy atom. The maximum Gasteiger partial charge on any atom is 0.319 e. The van der Waals surface area contributed by atoms with Crippen LogP contribution in [-0.4, -0.2) is 19.7 Å². The predicted octanol–water partition coefficient (Wildman–Crippen LogP) is 2.15. The van der Waals surface area contributed by atoms with Crippen LogP contribution in [-0.2, 0) is 0 Å². The Hall–Kier alpha value is -1.71. The van der Waals surface area contributed by atoms with E-state index in [0.29, 0.717) is 6.54 Å². The van der Waals surface area contributed by atoms with Crippen LogP contribution >= 0.6 is 0 Å². The Balaban J connectivity index is 2.73. The number of hydrogen-bond donors (Lipinski definition) is 2. The van der Waals surface area contributed by atoms with Gasteiger partial charge in [0.1, 0.15) is 5.75 Å². The van der Waals surface area contributed by atoms with Gasteiger partial charge in [-0.05, 0) is 37.6 Å². The second-order valence-electron chi connectivity index (χ2n) is 3.17. The summed E-state index contributed by atoms with van der Waals surface area (Å²) in [6.45, 7) is 4.41. The van der Waals surface area contributed by atoms with Gasteiger partial charge in [0, 0.05) is 12.2 Å². The number of urea groups is 1. The van der Waals surface area contributed by atoms with E-state index < -0.39 is 0 Å². The topological polar surface area (TPSA) is 50.4 Å². The summed E-state index contributed by atoms with van der Waals surface area (Å²) in [5.74, 6) is 0.786. The average Bonchev–Trinajstić information content (AvgIpc) is 2.21. The van der Waals surface area contributed by atoms with Crippen LogP contribution in [0.1, 0.15) is 12.5 Å². The minimum atomic E-state index is -0.189. The highest BCUT2D eigenvalue weighted by Gasteiger charge is 2.03. The normalized spacial score (nSPS) is 9.53. The third kappa shape index (κ3) is 3.16. The molecule has 1 aromatic carbocycles. The van der Waals surface area contributed by atoms with Gasteiger partial charge in [0.25, 0.3) is 0 Å². The molecule has 82 valence electrons. The molecule has 1 aromatic rings. The molecule has 0 fully saturated rings. The lowest BCUT2D eigenvalue weighted by atomic mass is 10.2. The van der Waals surface area contributed by atoms with Crippen LogP contribution in [0.4, 0.5) is 10.5 Å². The number of aryl methyl sites for hydroxylation is 1. The van der Waals surface area contributed by atoms with E-state index in [4.69, 9.17) is 4.74 Å². The fourth-order valence-electron chi connectivity index (χ4n) is 1.23. The van der Waals surface area contributed by atoms with E-state index >= 15 is 0 Å². The quantitative estimate of drug-likeness (QED) is 0.799. The van der Waals surface area contributed by atoms with Crippen molar-refractivity contribution < 1.29 is 9.53 Å². The Bertz CT molecular complexity index is 350. The molecule has 1 rings (SSSR count). The Kier molecular flexibility index (Phi) is 3.97. The zero-order chi connectivity index (χ0) is 11.3. The number of methoxy groups -OCH3 is 1. The number of ether oxygens (including phenoxy) is 1. The molecule has 4 heteroatoms. The van der Waals surface area contributed by atoms with E-state index in [9.17, 15) is 4.79 Å². The molecule has 2 N–H and O–H groups in total. The van der Waals surface area contributed by atoms with Crippen LogP contribution in [0.25, 0.3) is 0 Å². The molecule has 0 heterocycles. The van der Waals surface area contributed by atoms with Crippen molar-refractivity contribution in [2.24, 2.45) is 0 Å². The molecule has 0 atom stereocenters. The minimum absolute atomic E-state index is 0.189. The van der Waals surface area contributed by atoms with Gasteiger partial charge < -0.3 is 15.4 Å². The van der Waals surface area contributed by atoms with Gasteiger partial charge in [-0.3, -0.25) is 0 Å². The van der Waals surface area contributed by atoms with Crippen molar-refractivity contribution in [1.82, 2.24) is 5.32 Å². The first-order valence-electron chi connectivity index (χ1n) is 4.87. The molecule has 0 saturated heterocycles. The van der Waals surface area contributed by atoms with Crippen molar-refractivity contribution in [3.05, 3.63) is 23.8 Å². The lowest BCUT2D eigenvalue weighted by Gasteiger charge is -2.09. The van der Waals surface area contributed by atoms with E-state index in [-0.39, 0.29) is 6.03 Å². The third-order valence-corrected chi connectivity index (χ3v) is 2.02. The van der Waals surface area contributed by atoms with E-state index in [1.807, 2.05) is 32.0 Å². The summed E-state index contributed by atoms with van der Waals surface area (Å²) in [6.07, 6.45) is 0. The SMILES string of the molecule is CCNC(=O)Nc1ccc(OC)cc1C. The zero-order valence-corrected chi connectivity index (χ0v) is 9.26. The van der Waals surface area contributed by atoms with Crippen LogP contribution in [0.5, 0.6) is 5.75 Å². The largest absolute Gasteiger partial charge is 0.497 e. The summed E-state index contributed by atoms with van der Waals surface area (Å²) < 4.78 is 5.07. The number of hydrogen-bond acceptors (Lipinski definition) is 2. The highest BCUT2D eigenvalue weighted by molar-refractivity contribution is 5.90. The Morgan fingerprint density at radius 1 is 1.47 bits per heavy atom. The predicted molar refractivity (Wildman–Crippen MR) is 60.4 cm³/mol. The molecule has 0 aliphatic heterocycles. The summed E-state index contributed by atoms with van der Waals surface area (Å²) in [5, 5.41) is 5.43. The highest BCUT2D eigenvalue weighted by Crippen LogP contribution is 2.20. The molecule has 0 unspecified atom stereocenters. The van der Waals surface area contributed by atoms with Gasteiger partial charge in [-0.25, -0.2) is 4.79 Å². The van der Waals surface area contributed by atoms with Crippen LogP contribution in [0.2, 0.25) is 0 Å². The molecule has 0 saturated carbocycles. The molecular formula is C11H16N2O2. The summed E-state index contributed by atoms with van der Waals surface area (Å²) in [5.41, 5.74) is 1.77. The Morgan fingerprint density at radius 3 is 2.73 bits per heavy atom. The number of anilines is 1. The minimum Gasteiger partial charge on any atom is -0.497 e. The van der Waals surface area contributed by atoms with E-state index in [0.717, 1.165) is 17.0 Å². The second-order valence-corrected chi connectivity index (χ2v) is 3.17. The van der Waals surface area contributed by atoms with Gasteiger partial charge in [-0.2, -0.15) is 0 Å². The van der Waals surface area contributed by atoms with Gasteiger partial charge >= 0.3 is 6.03 Å². The second kappa shape index (κ2) is 5.24. The lowest BCUT2D eigenvalue weighted by Crippen LogP contribution is -2.28.